The summed E-state index contributed by atoms with van der Waals surface area (Å²) in [5.74, 6) is -3.94. The molecule has 6 heteroatoms. The third-order valence-electron chi connectivity index (χ3n) is 2.38. The molecule has 1 unspecified atom stereocenters. The van der Waals surface area contributed by atoms with Crippen LogP contribution in [-0.2, 0) is 14.6 Å². The standard InChI is InChI=1S/C9H7FO4S/c10-6-2-1-3-7-8(6)5(9(11)12)4-15(7,13)14/h1-3,5H,4H2,(H,11,12). The topological polar surface area (TPSA) is 71.4 Å². The summed E-state index contributed by atoms with van der Waals surface area (Å²) in [6.45, 7) is 0. The van der Waals surface area contributed by atoms with E-state index in [0.29, 0.717) is 0 Å². The Bertz CT molecular complexity index is 535. The minimum atomic E-state index is -3.64. The molecule has 0 aromatic heterocycles. The number of hydrogen-bond donors (Lipinski definition) is 1. The van der Waals surface area contributed by atoms with Gasteiger partial charge in [-0.15, -0.1) is 0 Å². The number of halogens is 1. The fourth-order valence-electron chi connectivity index (χ4n) is 1.71. The van der Waals surface area contributed by atoms with Crippen LogP contribution in [0, 0.1) is 5.82 Å². The van der Waals surface area contributed by atoms with E-state index in [1.54, 1.807) is 0 Å². The molecule has 0 spiro atoms. The van der Waals surface area contributed by atoms with Crippen LogP contribution in [0.15, 0.2) is 23.1 Å². The van der Waals surface area contributed by atoms with Crippen LogP contribution in [0.4, 0.5) is 4.39 Å². The summed E-state index contributed by atoms with van der Waals surface area (Å²) in [5, 5.41) is 8.79. The zero-order valence-corrected chi connectivity index (χ0v) is 8.29. The van der Waals surface area contributed by atoms with Gasteiger partial charge < -0.3 is 5.11 Å². The molecule has 1 atom stereocenters. The minimum absolute atomic E-state index is 0.199. The molecular formula is C9H7FO4S. The molecule has 0 radical (unpaired) electrons. The molecule has 0 bridgehead atoms. The highest BCUT2D eigenvalue weighted by Crippen LogP contribution is 2.36. The van der Waals surface area contributed by atoms with E-state index in [-0.39, 0.29) is 10.5 Å². The monoisotopic (exact) mass is 230 g/mol. The maximum atomic E-state index is 13.3. The first-order valence-corrected chi connectivity index (χ1v) is 5.82. The molecule has 1 aliphatic heterocycles. The second-order valence-corrected chi connectivity index (χ2v) is 5.33. The molecule has 1 aromatic rings. The first-order chi connectivity index (χ1) is 6.93. The molecule has 0 amide bonds. The maximum absolute atomic E-state index is 13.3. The van der Waals surface area contributed by atoms with Crippen molar-refractivity contribution in [3.8, 4) is 0 Å². The van der Waals surface area contributed by atoms with Crippen LogP contribution in [0.1, 0.15) is 11.5 Å². The van der Waals surface area contributed by atoms with Crippen molar-refractivity contribution in [1.29, 1.82) is 0 Å². The Morgan fingerprint density at radius 1 is 1.47 bits per heavy atom. The second-order valence-electron chi connectivity index (χ2n) is 3.32. The van der Waals surface area contributed by atoms with Gasteiger partial charge in [-0.3, -0.25) is 4.79 Å². The second kappa shape index (κ2) is 3.03. The molecule has 1 aliphatic rings. The Balaban J connectivity index is 2.75. The van der Waals surface area contributed by atoms with Gasteiger partial charge >= 0.3 is 5.97 Å². The molecule has 2 rings (SSSR count). The predicted molar refractivity (Wildman–Crippen MR) is 48.8 cm³/mol. The van der Waals surface area contributed by atoms with Crippen molar-refractivity contribution >= 4 is 15.8 Å². The van der Waals surface area contributed by atoms with Crippen molar-refractivity contribution in [2.24, 2.45) is 0 Å². The predicted octanol–water partition coefficient (Wildman–Crippen LogP) is 0.781. The number of carboxylic acid groups (broad SMARTS) is 1. The molecule has 4 nitrogen and oxygen atoms in total. The van der Waals surface area contributed by atoms with Crippen molar-refractivity contribution in [3.05, 3.63) is 29.6 Å². The van der Waals surface area contributed by atoms with Gasteiger partial charge in [-0.1, -0.05) is 6.07 Å². The molecule has 1 aromatic carbocycles. The van der Waals surface area contributed by atoms with Crippen LogP contribution in [0.3, 0.4) is 0 Å². The van der Waals surface area contributed by atoms with Gasteiger partial charge in [0.2, 0.25) is 0 Å². The summed E-state index contributed by atoms with van der Waals surface area (Å²) in [6, 6.07) is 3.56. The van der Waals surface area contributed by atoms with E-state index in [1.165, 1.54) is 12.1 Å². The fourth-order valence-corrected chi connectivity index (χ4v) is 3.50. The van der Waals surface area contributed by atoms with Crippen LogP contribution in [0.5, 0.6) is 0 Å². The number of hydrogen-bond acceptors (Lipinski definition) is 3. The minimum Gasteiger partial charge on any atom is -0.481 e. The lowest BCUT2D eigenvalue weighted by atomic mass is 10.0. The summed E-state index contributed by atoms with van der Waals surface area (Å²) < 4.78 is 36.3. The molecule has 0 saturated carbocycles. The average Bonchev–Trinajstić information content (AvgIpc) is 2.40. The molecule has 0 fully saturated rings. The van der Waals surface area contributed by atoms with Crippen molar-refractivity contribution in [3.63, 3.8) is 0 Å². The summed E-state index contributed by atoms with van der Waals surface area (Å²) in [6.07, 6.45) is 0. The van der Waals surface area contributed by atoms with Gasteiger partial charge in [-0.2, -0.15) is 0 Å². The van der Waals surface area contributed by atoms with Gasteiger partial charge in [0.1, 0.15) is 11.7 Å². The van der Waals surface area contributed by atoms with Gasteiger partial charge in [0.05, 0.1) is 10.6 Å². The van der Waals surface area contributed by atoms with Gasteiger partial charge in [-0.05, 0) is 12.1 Å². The average molecular weight is 230 g/mol. The zero-order chi connectivity index (χ0) is 11.2. The van der Waals surface area contributed by atoms with E-state index in [4.69, 9.17) is 5.11 Å². The Kier molecular flexibility index (Phi) is 2.04. The van der Waals surface area contributed by atoms with Crippen LogP contribution >= 0.6 is 0 Å². The van der Waals surface area contributed by atoms with Crippen molar-refractivity contribution < 1.29 is 22.7 Å². The third kappa shape index (κ3) is 1.41. The van der Waals surface area contributed by atoms with Gasteiger partial charge in [-0.25, -0.2) is 12.8 Å². The first-order valence-electron chi connectivity index (χ1n) is 4.17. The number of benzene rings is 1. The maximum Gasteiger partial charge on any atom is 0.312 e. The lowest BCUT2D eigenvalue weighted by Gasteiger charge is -2.03. The summed E-state index contributed by atoms with van der Waals surface area (Å²) in [7, 11) is -3.64. The SMILES string of the molecule is O=C(O)C1CS(=O)(=O)c2cccc(F)c21. The van der Waals surface area contributed by atoms with E-state index in [0.717, 1.165) is 6.07 Å². The van der Waals surface area contributed by atoms with Crippen molar-refractivity contribution in [1.82, 2.24) is 0 Å². The lowest BCUT2D eigenvalue weighted by Crippen LogP contribution is -2.14. The molecule has 15 heavy (non-hydrogen) atoms. The third-order valence-corrected chi connectivity index (χ3v) is 4.18. The number of fused-ring (bicyclic) bond motifs is 1. The van der Waals surface area contributed by atoms with E-state index in [9.17, 15) is 17.6 Å². The molecular weight excluding hydrogens is 223 g/mol. The summed E-state index contributed by atoms with van der Waals surface area (Å²) in [4.78, 5) is 10.6. The molecule has 0 aliphatic carbocycles. The van der Waals surface area contributed by atoms with Crippen LogP contribution in [-0.4, -0.2) is 25.2 Å². The van der Waals surface area contributed by atoms with Crippen LogP contribution in [0.2, 0.25) is 0 Å². The highest BCUT2D eigenvalue weighted by atomic mass is 32.2. The number of carboxylic acids is 1. The smallest absolute Gasteiger partial charge is 0.312 e. The number of rotatable bonds is 1. The summed E-state index contributed by atoms with van der Waals surface area (Å²) in [5.41, 5.74) is -0.218. The van der Waals surface area contributed by atoms with E-state index >= 15 is 0 Å². The van der Waals surface area contributed by atoms with Crippen LogP contribution < -0.4 is 0 Å². The van der Waals surface area contributed by atoms with E-state index in [2.05, 4.69) is 0 Å². The van der Waals surface area contributed by atoms with Crippen molar-refractivity contribution in [2.75, 3.05) is 5.75 Å². The molecule has 0 saturated heterocycles. The lowest BCUT2D eigenvalue weighted by molar-refractivity contribution is -0.138. The number of carbonyl (C=O) groups is 1. The first kappa shape index (κ1) is 10.1. The molecule has 1 N–H and O–H groups in total. The van der Waals surface area contributed by atoms with Crippen molar-refractivity contribution in [2.45, 2.75) is 10.8 Å². The van der Waals surface area contributed by atoms with Gasteiger partial charge in [0.25, 0.3) is 0 Å². The van der Waals surface area contributed by atoms with Gasteiger partial charge in [0, 0.05) is 5.56 Å². The summed E-state index contributed by atoms with van der Waals surface area (Å²) >= 11 is 0. The number of sulfone groups is 1. The molecule has 1 heterocycles. The molecule has 80 valence electrons. The normalized spacial score (nSPS) is 22.3. The van der Waals surface area contributed by atoms with E-state index < -0.39 is 33.3 Å². The Morgan fingerprint density at radius 3 is 2.73 bits per heavy atom. The fraction of sp³-hybridized carbons (Fsp3) is 0.222. The Hall–Kier alpha value is -1.43. The highest BCUT2D eigenvalue weighted by Gasteiger charge is 2.40. The van der Waals surface area contributed by atoms with Gasteiger partial charge in [0.15, 0.2) is 9.84 Å². The zero-order valence-electron chi connectivity index (χ0n) is 7.47. The number of aliphatic carboxylic acids is 1. The Morgan fingerprint density at radius 2 is 2.13 bits per heavy atom. The quantitative estimate of drug-likeness (QED) is 0.773. The highest BCUT2D eigenvalue weighted by molar-refractivity contribution is 7.91. The van der Waals surface area contributed by atoms with Crippen LogP contribution in [0.25, 0.3) is 0 Å². The Labute approximate surface area is 85.3 Å². The van der Waals surface area contributed by atoms with E-state index in [1.807, 2.05) is 0 Å². The largest absolute Gasteiger partial charge is 0.481 e.